The second-order valence-electron chi connectivity index (χ2n) is 12.1. The van der Waals surface area contributed by atoms with E-state index in [1.54, 1.807) is 0 Å². The number of hydrogen-bond acceptors (Lipinski definition) is 8. The fraction of sp³-hybridized carbons (Fsp3) is 0.784. The molecule has 0 fully saturated rings. The Morgan fingerprint density at radius 2 is 1.15 bits per heavy atom. The van der Waals surface area contributed by atoms with E-state index >= 15 is 0 Å². The van der Waals surface area contributed by atoms with Crippen molar-refractivity contribution < 1.29 is 37.6 Å². The Bertz CT molecular complexity index is 876. The van der Waals surface area contributed by atoms with Gasteiger partial charge in [0.25, 0.3) is 0 Å². The van der Waals surface area contributed by atoms with Crippen LogP contribution < -0.4 is 5.73 Å². The highest BCUT2D eigenvalue weighted by molar-refractivity contribution is 7.47. The minimum Gasteiger partial charge on any atom is -0.462 e. The molecule has 0 aromatic heterocycles. The van der Waals surface area contributed by atoms with E-state index in [2.05, 4.69) is 50.3 Å². The summed E-state index contributed by atoms with van der Waals surface area (Å²) in [6.07, 6.45) is 34.6. The zero-order chi connectivity index (χ0) is 34.7. The average Bonchev–Trinajstić information content (AvgIpc) is 3.05. The van der Waals surface area contributed by atoms with Crippen molar-refractivity contribution in [3.63, 3.8) is 0 Å². The molecule has 0 spiro atoms. The van der Waals surface area contributed by atoms with Gasteiger partial charge in [-0.25, -0.2) is 4.57 Å². The zero-order valence-corrected chi connectivity index (χ0v) is 30.7. The second kappa shape index (κ2) is 34.1. The molecule has 0 aliphatic rings. The van der Waals surface area contributed by atoms with Gasteiger partial charge in [0.1, 0.15) is 6.61 Å². The highest BCUT2D eigenvalue weighted by Crippen LogP contribution is 2.43. The maximum atomic E-state index is 12.5. The number of phosphoric acid groups is 1. The molecule has 274 valence electrons. The van der Waals surface area contributed by atoms with E-state index < -0.39 is 32.5 Å². The molecule has 0 saturated carbocycles. The first-order valence-electron chi connectivity index (χ1n) is 18.5. The minimum absolute atomic E-state index is 0.0492. The van der Waals surface area contributed by atoms with E-state index in [0.717, 1.165) is 83.5 Å². The van der Waals surface area contributed by atoms with Gasteiger partial charge in [0, 0.05) is 19.4 Å². The quantitative estimate of drug-likeness (QED) is 0.0294. The molecule has 0 saturated heterocycles. The molecule has 2 unspecified atom stereocenters. The molecule has 0 aliphatic heterocycles. The van der Waals surface area contributed by atoms with Gasteiger partial charge >= 0.3 is 19.8 Å². The van der Waals surface area contributed by atoms with Gasteiger partial charge in [0.05, 0.1) is 13.2 Å². The molecule has 9 nitrogen and oxygen atoms in total. The van der Waals surface area contributed by atoms with Crippen molar-refractivity contribution in [3.05, 3.63) is 36.5 Å². The monoisotopic (exact) mass is 685 g/mol. The van der Waals surface area contributed by atoms with Crippen molar-refractivity contribution >= 4 is 19.8 Å². The van der Waals surface area contributed by atoms with E-state index in [-0.39, 0.29) is 32.6 Å². The summed E-state index contributed by atoms with van der Waals surface area (Å²) in [5.74, 6) is -0.861. The van der Waals surface area contributed by atoms with Gasteiger partial charge in [0.15, 0.2) is 6.10 Å². The molecule has 47 heavy (non-hydrogen) atoms. The van der Waals surface area contributed by atoms with Crippen LogP contribution in [0, 0.1) is 0 Å². The molecule has 0 bridgehead atoms. The molecule has 0 aromatic carbocycles. The van der Waals surface area contributed by atoms with Crippen LogP contribution in [0.2, 0.25) is 0 Å². The summed E-state index contributed by atoms with van der Waals surface area (Å²) in [6.45, 7) is 3.60. The highest BCUT2D eigenvalue weighted by atomic mass is 31.2. The molecule has 0 heterocycles. The fourth-order valence-electron chi connectivity index (χ4n) is 4.72. The molecule has 3 N–H and O–H groups in total. The number of rotatable bonds is 34. The number of esters is 2. The number of ether oxygens (including phenoxy) is 2. The van der Waals surface area contributed by atoms with Crippen molar-refractivity contribution in [2.24, 2.45) is 5.73 Å². The van der Waals surface area contributed by atoms with E-state index in [9.17, 15) is 19.0 Å². The lowest BCUT2D eigenvalue weighted by Crippen LogP contribution is -2.29. The van der Waals surface area contributed by atoms with Crippen molar-refractivity contribution in [1.82, 2.24) is 0 Å². The Morgan fingerprint density at radius 3 is 1.72 bits per heavy atom. The molecule has 0 rings (SSSR count). The predicted molar refractivity (Wildman–Crippen MR) is 192 cm³/mol. The summed E-state index contributed by atoms with van der Waals surface area (Å²) in [6, 6.07) is 0. The zero-order valence-electron chi connectivity index (χ0n) is 29.8. The summed E-state index contributed by atoms with van der Waals surface area (Å²) in [7, 11) is -4.37. The summed E-state index contributed by atoms with van der Waals surface area (Å²) in [5, 5.41) is 0. The molecule has 10 heteroatoms. The lowest BCUT2D eigenvalue weighted by molar-refractivity contribution is -0.161. The van der Waals surface area contributed by atoms with Gasteiger partial charge in [-0.1, -0.05) is 115 Å². The Kier molecular flexibility index (Phi) is 32.8. The summed E-state index contributed by atoms with van der Waals surface area (Å²) in [5.41, 5.74) is 5.32. The van der Waals surface area contributed by atoms with Gasteiger partial charge in [-0.05, 0) is 64.2 Å². The van der Waals surface area contributed by atoms with E-state index in [1.807, 2.05) is 0 Å². The van der Waals surface area contributed by atoms with E-state index in [0.29, 0.717) is 6.42 Å². The van der Waals surface area contributed by atoms with Crippen LogP contribution in [-0.2, 0) is 32.7 Å². The maximum Gasteiger partial charge on any atom is 0.472 e. The first kappa shape index (κ1) is 45.2. The average molecular weight is 686 g/mol. The third kappa shape index (κ3) is 33.9. The van der Waals surface area contributed by atoms with Gasteiger partial charge in [0.2, 0.25) is 0 Å². The molecular formula is C37H68NO8P. The molecule has 0 radical (unpaired) electrons. The number of nitrogens with two attached hydrogens (primary N) is 1. The molecular weight excluding hydrogens is 617 g/mol. The van der Waals surface area contributed by atoms with Crippen LogP contribution in [0.25, 0.3) is 0 Å². The first-order valence-corrected chi connectivity index (χ1v) is 20.0. The van der Waals surface area contributed by atoms with E-state index in [1.165, 1.54) is 38.5 Å². The number of allylic oxidation sites excluding steroid dienone is 6. The van der Waals surface area contributed by atoms with Crippen molar-refractivity contribution in [2.45, 2.75) is 161 Å². The molecule has 0 aliphatic carbocycles. The van der Waals surface area contributed by atoms with Crippen LogP contribution in [0.15, 0.2) is 36.5 Å². The number of carbonyl (C=O) groups is 2. The van der Waals surface area contributed by atoms with Gasteiger partial charge in [-0.3, -0.25) is 18.6 Å². The maximum absolute atomic E-state index is 12.5. The number of phosphoric ester groups is 1. The van der Waals surface area contributed by atoms with Crippen molar-refractivity contribution in [3.8, 4) is 0 Å². The smallest absolute Gasteiger partial charge is 0.462 e. The third-order valence-electron chi connectivity index (χ3n) is 7.48. The Labute approximate surface area is 286 Å². The lowest BCUT2D eigenvalue weighted by Gasteiger charge is -2.19. The van der Waals surface area contributed by atoms with Crippen LogP contribution in [-0.4, -0.2) is 49.3 Å². The van der Waals surface area contributed by atoms with Crippen LogP contribution in [0.5, 0.6) is 0 Å². The summed E-state index contributed by atoms with van der Waals surface area (Å²) < 4.78 is 32.6. The molecule has 2 atom stereocenters. The normalized spacial score (nSPS) is 13.9. The topological polar surface area (TPSA) is 134 Å². The first-order chi connectivity index (χ1) is 22.8. The summed E-state index contributed by atoms with van der Waals surface area (Å²) >= 11 is 0. The molecule has 0 amide bonds. The van der Waals surface area contributed by atoms with Gasteiger partial charge in [-0.2, -0.15) is 0 Å². The fourth-order valence-corrected chi connectivity index (χ4v) is 5.49. The van der Waals surface area contributed by atoms with Crippen LogP contribution >= 0.6 is 7.82 Å². The van der Waals surface area contributed by atoms with Crippen LogP contribution in [0.1, 0.15) is 155 Å². The van der Waals surface area contributed by atoms with Crippen LogP contribution in [0.3, 0.4) is 0 Å². The minimum atomic E-state index is -4.37. The Hall–Kier alpha value is -1.77. The Balaban J connectivity index is 4.27. The molecule has 0 aromatic rings. The Morgan fingerprint density at radius 1 is 0.638 bits per heavy atom. The number of hydrogen-bond donors (Lipinski definition) is 2. The largest absolute Gasteiger partial charge is 0.472 e. The SMILES string of the molecule is CCC/C=C\CCCCCCCC(=O)OCC(COP(=O)(O)OCCN)OC(=O)CCCCCCC/C=C\C/C=C\CCCCCC. The number of unbranched alkanes of at least 4 members (excludes halogenated alkanes) is 15. The van der Waals surface area contributed by atoms with Crippen molar-refractivity contribution in [1.29, 1.82) is 0 Å². The van der Waals surface area contributed by atoms with Crippen molar-refractivity contribution in [2.75, 3.05) is 26.4 Å². The second-order valence-corrected chi connectivity index (χ2v) is 13.5. The number of carbonyl (C=O) groups excluding carboxylic acids is 2. The van der Waals surface area contributed by atoms with E-state index in [4.69, 9.17) is 24.3 Å². The van der Waals surface area contributed by atoms with Gasteiger partial charge in [-0.15, -0.1) is 0 Å². The lowest BCUT2D eigenvalue weighted by atomic mass is 10.1. The van der Waals surface area contributed by atoms with Gasteiger partial charge < -0.3 is 20.1 Å². The highest BCUT2D eigenvalue weighted by Gasteiger charge is 2.25. The summed E-state index contributed by atoms with van der Waals surface area (Å²) in [4.78, 5) is 34.6. The third-order valence-corrected chi connectivity index (χ3v) is 8.46. The standard InChI is InChI=1S/C37H68NO8P/c1-3-5-7-9-11-13-15-16-17-18-19-20-22-24-26-28-30-37(40)46-35(34-45-47(41,42)44-32-31-38)33-43-36(39)29-27-25-23-21-14-12-10-8-6-4-2/h8,10,13,15,17-18,35H,3-7,9,11-12,14,16,19-34,38H2,1-2H3,(H,41,42)/b10-8-,15-13-,18-17-. The predicted octanol–water partition coefficient (Wildman–Crippen LogP) is 9.82. The van der Waals surface area contributed by atoms with Crippen LogP contribution in [0.4, 0.5) is 0 Å².